The normalized spacial score (nSPS) is 12.8. The lowest BCUT2D eigenvalue weighted by Crippen LogP contribution is -2.28. The van der Waals surface area contributed by atoms with E-state index in [0.29, 0.717) is 30.8 Å². The van der Waals surface area contributed by atoms with E-state index in [4.69, 9.17) is 9.47 Å². The standard InChI is InChI=1S/C25H32O4/c1-3-5-13-20(24(26)28-22-15-9-7-10-16-22)19-21(14-6-4-2)25(27)29-23-17-11-8-12-18-23/h7-12,15-18,20-21H,3-6,13-14,19H2,1-2H3. The summed E-state index contributed by atoms with van der Waals surface area (Å²) in [5.41, 5.74) is 0. The molecule has 0 saturated heterocycles. The fourth-order valence-corrected chi connectivity index (χ4v) is 3.28. The number of unbranched alkanes of at least 4 members (excludes halogenated alkanes) is 2. The van der Waals surface area contributed by atoms with Crippen LogP contribution >= 0.6 is 0 Å². The maximum absolute atomic E-state index is 12.8. The van der Waals surface area contributed by atoms with Gasteiger partial charge in [0, 0.05) is 0 Å². The number of carbonyl (C=O) groups is 2. The molecule has 0 aromatic heterocycles. The van der Waals surface area contributed by atoms with E-state index in [-0.39, 0.29) is 23.8 Å². The molecule has 2 aromatic carbocycles. The molecule has 0 amide bonds. The van der Waals surface area contributed by atoms with Crippen LogP contribution in [-0.2, 0) is 9.59 Å². The van der Waals surface area contributed by atoms with Crippen LogP contribution in [0.5, 0.6) is 11.5 Å². The zero-order chi connectivity index (χ0) is 20.9. The molecule has 4 nitrogen and oxygen atoms in total. The molecule has 0 N–H and O–H groups in total. The van der Waals surface area contributed by atoms with Gasteiger partial charge in [-0.05, 0) is 43.5 Å². The van der Waals surface area contributed by atoms with E-state index in [9.17, 15) is 9.59 Å². The molecule has 0 heterocycles. The molecule has 2 rings (SSSR count). The average molecular weight is 397 g/mol. The van der Waals surface area contributed by atoms with Gasteiger partial charge in [-0.1, -0.05) is 75.9 Å². The minimum Gasteiger partial charge on any atom is -0.426 e. The van der Waals surface area contributed by atoms with E-state index in [1.807, 2.05) is 36.4 Å². The van der Waals surface area contributed by atoms with Crippen molar-refractivity contribution in [2.75, 3.05) is 0 Å². The van der Waals surface area contributed by atoms with Gasteiger partial charge >= 0.3 is 11.9 Å². The van der Waals surface area contributed by atoms with Gasteiger partial charge in [0.2, 0.25) is 0 Å². The second kappa shape index (κ2) is 12.8. The van der Waals surface area contributed by atoms with Gasteiger partial charge in [-0.3, -0.25) is 9.59 Å². The summed E-state index contributed by atoms with van der Waals surface area (Å²) in [6.45, 7) is 4.19. The van der Waals surface area contributed by atoms with Crippen molar-refractivity contribution in [3.63, 3.8) is 0 Å². The second-order valence-electron chi connectivity index (χ2n) is 7.38. The zero-order valence-corrected chi connectivity index (χ0v) is 17.5. The summed E-state index contributed by atoms with van der Waals surface area (Å²) in [5.74, 6) is -0.0927. The summed E-state index contributed by atoms with van der Waals surface area (Å²) < 4.78 is 11.2. The molecule has 29 heavy (non-hydrogen) atoms. The van der Waals surface area contributed by atoms with Crippen molar-refractivity contribution in [3.05, 3.63) is 60.7 Å². The number of ether oxygens (including phenoxy) is 2. The fraction of sp³-hybridized carbons (Fsp3) is 0.440. The van der Waals surface area contributed by atoms with Gasteiger partial charge < -0.3 is 9.47 Å². The van der Waals surface area contributed by atoms with Crippen molar-refractivity contribution in [1.82, 2.24) is 0 Å². The smallest absolute Gasteiger partial charge is 0.314 e. The first kappa shape index (κ1) is 22.7. The quantitative estimate of drug-likeness (QED) is 0.316. The van der Waals surface area contributed by atoms with Gasteiger partial charge in [0.1, 0.15) is 11.5 Å². The van der Waals surface area contributed by atoms with Crippen molar-refractivity contribution in [3.8, 4) is 11.5 Å². The van der Waals surface area contributed by atoms with E-state index in [1.54, 1.807) is 24.3 Å². The molecule has 2 unspecified atom stereocenters. The van der Waals surface area contributed by atoms with Crippen LogP contribution in [0, 0.1) is 11.8 Å². The lowest BCUT2D eigenvalue weighted by molar-refractivity contribution is -0.143. The Morgan fingerprint density at radius 3 is 1.41 bits per heavy atom. The van der Waals surface area contributed by atoms with Gasteiger partial charge in [0.15, 0.2) is 0 Å². The third-order valence-corrected chi connectivity index (χ3v) is 4.97. The third kappa shape index (κ3) is 8.10. The van der Waals surface area contributed by atoms with E-state index >= 15 is 0 Å². The summed E-state index contributed by atoms with van der Waals surface area (Å²) in [6.07, 6.45) is 5.70. The Kier molecular flexibility index (Phi) is 9.98. The van der Waals surface area contributed by atoms with Gasteiger partial charge in [-0.15, -0.1) is 0 Å². The molecule has 0 spiro atoms. The Balaban J connectivity index is 2.08. The second-order valence-corrected chi connectivity index (χ2v) is 7.38. The first-order chi connectivity index (χ1) is 14.1. The summed E-state index contributed by atoms with van der Waals surface area (Å²) in [4.78, 5) is 25.7. The summed E-state index contributed by atoms with van der Waals surface area (Å²) in [7, 11) is 0. The molecule has 0 fully saturated rings. The Morgan fingerprint density at radius 1 is 0.690 bits per heavy atom. The van der Waals surface area contributed by atoms with Crippen LogP contribution in [0.4, 0.5) is 0 Å². The number of hydrogen-bond donors (Lipinski definition) is 0. The highest BCUT2D eigenvalue weighted by Gasteiger charge is 2.29. The Bertz CT molecular complexity index is 664. The number of rotatable bonds is 12. The molecule has 2 aromatic rings. The van der Waals surface area contributed by atoms with Crippen LogP contribution in [-0.4, -0.2) is 11.9 Å². The monoisotopic (exact) mass is 396 g/mol. The van der Waals surface area contributed by atoms with Gasteiger partial charge in [-0.25, -0.2) is 0 Å². The summed E-state index contributed by atoms with van der Waals surface area (Å²) in [6, 6.07) is 18.2. The van der Waals surface area contributed by atoms with Crippen LogP contribution in [0.1, 0.15) is 58.8 Å². The van der Waals surface area contributed by atoms with E-state index in [0.717, 1.165) is 25.7 Å². The topological polar surface area (TPSA) is 52.6 Å². The van der Waals surface area contributed by atoms with Crippen LogP contribution in [0.25, 0.3) is 0 Å². The largest absolute Gasteiger partial charge is 0.426 e. The van der Waals surface area contributed by atoms with Crippen LogP contribution in [0.2, 0.25) is 0 Å². The first-order valence-electron chi connectivity index (χ1n) is 10.7. The van der Waals surface area contributed by atoms with E-state index in [2.05, 4.69) is 13.8 Å². The van der Waals surface area contributed by atoms with E-state index in [1.165, 1.54) is 0 Å². The van der Waals surface area contributed by atoms with Crippen LogP contribution in [0.3, 0.4) is 0 Å². The lowest BCUT2D eigenvalue weighted by atomic mass is 9.87. The maximum Gasteiger partial charge on any atom is 0.314 e. The van der Waals surface area contributed by atoms with Gasteiger partial charge in [-0.2, -0.15) is 0 Å². The molecular formula is C25H32O4. The van der Waals surface area contributed by atoms with Crippen molar-refractivity contribution in [1.29, 1.82) is 0 Å². The third-order valence-electron chi connectivity index (χ3n) is 4.97. The minimum atomic E-state index is -0.319. The van der Waals surface area contributed by atoms with Crippen molar-refractivity contribution in [2.45, 2.75) is 58.8 Å². The molecule has 0 radical (unpaired) electrons. The predicted molar refractivity (Wildman–Crippen MR) is 115 cm³/mol. The zero-order valence-electron chi connectivity index (χ0n) is 17.5. The molecule has 0 aliphatic rings. The molecule has 4 heteroatoms. The SMILES string of the molecule is CCCCC(CC(CCCC)C(=O)Oc1ccccc1)C(=O)Oc1ccccc1. The number of esters is 2. The highest BCUT2D eigenvalue weighted by molar-refractivity contribution is 5.78. The average Bonchev–Trinajstić information content (AvgIpc) is 2.74. The first-order valence-corrected chi connectivity index (χ1v) is 10.7. The summed E-state index contributed by atoms with van der Waals surface area (Å²) in [5, 5.41) is 0. The Morgan fingerprint density at radius 2 is 1.07 bits per heavy atom. The van der Waals surface area contributed by atoms with Crippen LogP contribution < -0.4 is 9.47 Å². The number of carbonyl (C=O) groups excluding carboxylic acids is 2. The van der Waals surface area contributed by atoms with Crippen LogP contribution in [0.15, 0.2) is 60.7 Å². The number of hydrogen-bond acceptors (Lipinski definition) is 4. The lowest BCUT2D eigenvalue weighted by Gasteiger charge is -2.21. The van der Waals surface area contributed by atoms with Crippen molar-refractivity contribution < 1.29 is 19.1 Å². The summed E-state index contributed by atoms with van der Waals surface area (Å²) >= 11 is 0. The van der Waals surface area contributed by atoms with Gasteiger partial charge in [0.05, 0.1) is 11.8 Å². The number of benzene rings is 2. The van der Waals surface area contributed by atoms with E-state index < -0.39 is 0 Å². The highest BCUT2D eigenvalue weighted by atomic mass is 16.5. The molecule has 0 saturated carbocycles. The van der Waals surface area contributed by atoms with Crippen molar-refractivity contribution >= 4 is 11.9 Å². The fourth-order valence-electron chi connectivity index (χ4n) is 3.28. The van der Waals surface area contributed by atoms with Crippen molar-refractivity contribution in [2.24, 2.45) is 11.8 Å². The highest BCUT2D eigenvalue weighted by Crippen LogP contribution is 2.26. The predicted octanol–water partition coefficient (Wildman–Crippen LogP) is 6.20. The molecule has 2 atom stereocenters. The Labute approximate surface area is 174 Å². The molecule has 0 aliphatic heterocycles. The van der Waals surface area contributed by atoms with Gasteiger partial charge in [0.25, 0.3) is 0 Å². The molecule has 0 bridgehead atoms. The molecule has 156 valence electrons. The molecule has 0 aliphatic carbocycles. The minimum absolute atomic E-state index is 0.265. The number of para-hydroxylation sites is 2. The molecular weight excluding hydrogens is 364 g/mol. The maximum atomic E-state index is 12.8. The Hall–Kier alpha value is -2.62.